The second-order valence-electron chi connectivity index (χ2n) is 5.33. The largest absolute Gasteiger partial charge is 0.355 e. The molecular formula is C16H23ClN4O3. The standard InChI is InChI=1S/C16H23ClN4O3/c1-3-8-18-14(22)9-19-15(23)10-21(2)11-16(24)20-13-7-5-4-6-12(13)17/h4-7H,3,8-11H2,1-2H3,(H,18,22)(H,19,23)(H,20,24). The van der Waals surface area contributed by atoms with E-state index in [1.807, 2.05) is 6.92 Å². The zero-order valence-electron chi connectivity index (χ0n) is 13.9. The molecular weight excluding hydrogens is 332 g/mol. The van der Waals surface area contributed by atoms with Gasteiger partial charge in [-0.2, -0.15) is 0 Å². The minimum atomic E-state index is -0.324. The third kappa shape index (κ3) is 7.94. The quantitative estimate of drug-likeness (QED) is 0.613. The zero-order valence-corrected chi connectivity index (χ0v) is 14.7. The number of likely N-dealkylation sites (N-methyl/N-ethyl adjacent to an activating group) is 1. The second-order valence-corrected chi connectivity index (χ2v) is 5.73. The number of rotatable bonds is 9. The highest BCUT2D eigenvalue weighted by Gasteiger charge is 2.12. The maximum absolute atomic E-state index is 11.9. The lowest BCUT2D eigenvalue weighted by atomic mass is 10.3. The monoisotopic (exact) mass is 354 g/mol. The van der Waals surface area contributed by atoms with Crippen molar-refractivity contribution in [3.05, 3.63) is 29.3 Å². The van der Waals surface area contributed by atoms with E-state index in [4.69, 9.17) is 11.6 Å². The van der Waals surface area contributed by atoms with Crippen LogP contribution in [0.1, 0.15) is 13.3 Å². The molecule has 3 N–H and O–H groups in total. The topological polar surface area (TPSA) is 90.5 Å². The fourth-order valence-electron chi connectivity index (χ4n) is 1.86. The minimum absolute atomic E-state index is 0.0109. The Bertz CT molecular complexity index is 580. The van der Waals surface area contributed by atoms with E-state index in [0.717, 1.165) is 6.42 Å². The van der Waals surface area contributed by atoms with E-state index in [1.54, 1.807) is 36.2 Å². The Labute approximate surface area is 146 Å². The Balaban J connectivity index is 2.30. The summed E-state index contributed by atoms with van der Waals surface area (Å²) in [6.07, 6.45) is 0.836. The summed E-state index contributed by atoms with van der Waals surface area (Å²) in [5.41, 5.74) is 0.523. The van der Waals surface area contributed by atoms with Crippen LogP contribution in [0, 0.1) is 0 Å². The third-order valence-electron chi connectivity index (χ3n) is 2.99. The summed E-state index contributed by atoms with van der Waals surface area (Å²) in [4.78, 5) is 36.6. The normalized spacial score (nSPS) is 10.3. The molecule has 24 heavy (non-hydrogen) atoms. The van der Waals surface area contributed by atoms with Crippen LogP contribution in [0.4, 0.5) is 5.69 Å². The number of carbonyl (C=O) groups excluding carboxylic acids is 3. The fourth-order valence-corrected chi connectivity index (χ4v) is 2.04. The number of amides is 3. The molecule has 1 aromatic rings. The Kier molecular flexibility index (Phi) is 8.81. The van der Waals surface area contributed by atoms with Crippen molar-refractivity contribution in [1.82, 2.24) is 15.5 Å². The first kappa shape index (κ1) is 19.9. The molecule has 0 aromatic heterocycles. The van der Waals surface area contributed by atoms with E-state index in [9.17, 15) is 14.4 Å². The van der Waals surface area contributed by atoms with Crippen LogP contribution in [0.25, 0.3) is 0 Å². The minimum Gasteiger partial charge on any atom is -0.355 e. The molecule has 1 aromatic carbocycles. The van der Waals surface area contributed by atoms with Crippen LogP contribution >= 0.6 is 11.6 Å². The number of hydrogen-bond acceptors (Lipinski definition) is 4. The molecule has 0 heterocycles. The van der Waals surface area contributed by atoms with Crippen molar-refractivity contribution in [3.8, 4) is 0 Å². The smallest absolute Gasteiger partial charge is 0.239 e. The van der Waals surface area contributed by atoms with Gasteiger partial charge < -0.3 is 16.0 Å². The summed E-state index contributed by atoms with van der Waals surface area (Å²) in [6, 6.07) is 6.91. The zero-order chi connectivity index (χ0) is 17.9. The van der Waals surface area contributed by atoms with Gasteiger partial charge in [-0.3, -0.25) is 19.3 Å². The molecule has 1 rings (SSSR count). The van der Waals surface area contributed by atoms with E-state index < -0.39 is 0 Å². The molecule has 0 radical (unpaired) electrons. The predicted molar refractivity (Wildman–Crippen MR) is 93.9 cm³/mol. The summed E-state index contributed by atoms with van der Waals surface area (Å²) in [5, 5.41) is 8.30. The van der Waals surface area contributed by atoms with Crippen LogP contribution in [-0.4, -0.2) is 55.8 Å². The third-order valence-corrected chi connectivity index (χ3v) is 3.32. The molecule has 0 saturated heterocycles. The first-order chi connectivity index (χ1) is 11.4. The first-order valence-corrected chi connectivity index (χ1v) is 8.06. The Hall–Kier alpha value is -2.12. The summed E-state index contributed by atoms with van der Waals surface area (Å²) >= 11 is 5.97. The summed E-state index contributed by atoms with van der Waals surface area (Å²) < 4.78 is 0. The van der Waals surface area contributed by atoms with Crippen LogP contribution in [0.15, 0.2) is 24.3 Å². The van der Waals surface area contributed by atoms with Crippen molar-refractivity contribution in [3.63, 3.8) is 0 Å². The summed E-state index contributed by atoms with van der Waals surface area (Å²) in [6.45, 7) is 2.49. The Morgan fingerprint density at radius 3 is 2.38 bits per heavy atom. The molecule has 0 fully saturated rings. The molecule has 0 unspecified atom stereocenters. The van der Waals surface area contributed by atoms with E-state index in [2.05, 4.69) is 16.0 Å². The molecule has 0 aliphatic heterocycles. The van der Waals surface area contributed by atoms with E-state index in [-0.39, 0.29) is 37.4 Å². The van der Waals surface area contributed by atoms with Crippen molar-refractivity contribution in [1.29, 1.82) is 0 Å². The van der Waals surface area contributed by atoms with Gasteiger partial charge in [-0.15, -0.1) is 0 Å². The number of hydrogen-bond donors (Lipinski definition) is 3. The molecule has 132 valence electrons. The maximum atomic E-state index is 11.9. The van der Waals surface area contributed by atoms with Gasteiger partial charge >= 0.3 is 0 Å². The van der Waals surface area contributed by atoms with Gasteiger partial charge in [0.25, 0.3) is 0 Å². The number of para-hydroxylation sites is 1. The lowest BCUT2D eigenvalue weighted by molar-refractivity contribution is -0.127. The number of carbonyl (C=O) groups is 3. The Morgan fingerprint density at radius 2 is 1.71 bits per heavy atom. The Morgan fingerprint density at radius 1 is 1.04 bits per heavy atom. The first-order valence-electron chi connectivity index (χ1n) is 7.68. The van der Waals surface area contributed by atoms with E-state index >= 15 is 0 Å². The highest BCUT2D eigenvalue weighted by Crippen LogP contribution is 2.20. The van der Waals surface area contributed by atoms with Crippen LogP contribution in [0.2, 0.25) is 5.02 Å². The van der Waals surface area contributed by atoms with Crippen molar-refractivity contribution >= 4 is 35.0 Å². The van der Waals surface area contributed by atoms with Gasteiger partial charge in [-0.05, 0) is 25.6 Å². The summed E-state index contributed by atoms with van der Waals surface area (Å²) in [5.74, 6) is -0.835. The number of nitrogens with zero attached hydrogens (tertiary/aromatic N) is 1. The molecule has 8 heteroatoms. The van der Waals surface area contributed by atoms with Gasteiger partial charge in [0, 0.05) is 6.54 Å². The SMILES string of the molecule is CCCNC(=O)CNC(=O)CN(C)CC(=O)Nc1ccccc1Cl. The van der Waals surface area contributed by atoms with Gasteiger partial charge in [-0.1, -0.05) is 30.7 Å². The predicted octanol–water partition coefficient (Wildman–Crippen LogP) is 0.853. The summed E-state index contributed by atoms with van der Waals surface area (Å²) in [7, 11) is 1.64. The molecule has 0 bridgehead atoms. The van der Waals surface area contributed by atoms with Crippen LogP contribution in [0.3, 0.4) is 0 Å². The number of benzene rings is 1. The highest BCUT2D eigenvalue weighted by molar-refractivity contribution is 6.33. The number of nitrogens with one attached hydrogen (secondary N) is 3. The van der Waals surface area contributed by atoms with Crippen LogP contribution in [-0.2, 0) is 14.4 Å². The lowest BCUT2D eigenvalue weighted by Crippen LogP contribution is -2.42. The van der Waals surface area contributed by atoms with Gasteiger partial charge in [0.15, 0.2) is 0 Å². The van der Waals surface area contributed by atoms with Crippen molar-refractivity contribution < 1.29 is 14.4 Å². The highest BCUT2D eigenvalue weighted by atomic mass is 35.5. The van der Waals surface area contributed by atoms with Crippen molar-refractivity contribution in [2.45, 2.75) is 13.3 Å². The molecule has 3 amide bonds. The second kappa shape index (κ2) is 10.6. The van der Waals surface area contributed by atoms with Crippen LogP contribution < -0.4 is 16.0 Å². The van der Waals surface area contributed by atoms with Crippen molar-refractivity contribution in [2.75, 3.05) is 38.5 Å². The number of halogens is 1. The molecule has 0 aliphatic rings. The van der Waals surface area contributed by atoms with Gasteiger partial charge in [0.05, 0.1) is 30.3 Å². The van der Waals surface area contributed by atoms with Gasteiger partial charge in [0.2, 0.25) is 17.7 Å². The molecule has 0 atom stereocenters. The van der Waals surface area contributed by atoms with Crippen LogP contribution in [0.5, 0.6) is 0 Å². The molecule has 0 spiro atoms. The number of anilines is 1. The average Bonchev–Trinajstić information content (AvgIpc) is 2.52. The van der Waals surface area contributed by atoms with Gasteiger partial charge in [-0.25, -0.2) is 0 Å². The fraction of sp³-hybridized carbons (Fsp3) is 0.438. The van der Waals surface area contributed by atoms with Gasteiger partial charge in [0.1, 0.15) is 0 Å². The van der Waals surface area contributed by atoms with Crippen molar-refractivity contribution in [2.24, 2.45) is 0 Å². The van der Waals surface area contributed by atoms with E-state index in [0.29, 0.717) is 17.3 Å². The average molecular weight is 355 g/mol. The molecule has 7 nitrogen and oxygen atoms in total. The maximum Gasteiger partial charge on any atom is 0.239 e. The lowest BCUT2D eigenvalue weighted by Gasteiger charge is -2.16. The van der Waals surface area contributed by atoms with E-state index in [1.165, 1.54) is 0 Å². The molecule has 0 aliphatic carbocycles. The molecule has 0 saturated carbocycles.